The average Bonchev–Trinajstić information content (AvgIpc) is 2.34. The molecule has 1 aromatic heterocycles. The lowest BCUT2D eigenvalue weighted by Crippen LogP contribution is -2.01. The minimum Gasteiger partial charge on any atom is -0.464 e. The second kappa shape index (κ2) is 3.03. The first-order chi connectivity index (χ1) is 4.75. The van der Waals surface area contributed by atoms with Crippen LogP contribution in [0.3, 0.4) is 0 Å². The summed E-state index contributed by atoms with van der Waals surface area (Å²) in [5, 5.41) is 0. The highest BCUT2D eigenvalue weighted by Gasteiger charge is 2.11. The molecule has 0 saturated carbocycles. The predicted octanol–water partition coefficient (Wildman–Crippen LogP) is 1.22. The fourth-order valence-electron chi connectivity index (χ4n) is 0.477. The van der Waals surface area contributed by atoms with Gasteiger partial charge in [-0.25, -0.2) is 9.78 Å². The average molecular weight is 175 g/mol. The minimum absolute atomic E-state index is 0.288. The molecular weight excluding hydrogens is 170 g/mol. The van der Waals surface area contributed by atoms with Crippen molar-refractivity contribution in [3.05, 3.63) is 11.2 Å². The molecule has 10 heavy (non-hydrogen) atoms. The molecule has 0 aliphatic heterocycles. The van der Waals surface area contributed by atoms with Gasteiger partial charge in [-0.15, -0.1) is 24.0 Å². The zero-order valence-electron chi connectivity index (χ0n) is 5.20. The molecule has 5 heteroatoms. The lowest BCUT2D eigenvalue weighted by molar-refractivity contribution is 0.0591. The van der Waals surface area contributed by atoms with E-state index in [4.69, 9.17) is 0 Å². The van der Waals surface area contributed by atoms with Crippen LogP contribution in [0.25, 0.3) is 0 Å². The van der Waals surface area contributed by atoms with Crippen molar-refractivity contribution in [2.45, 2.75) is 4.21 Å². The van der Waals surface area contributed by atoms with E-state index in [1.54, 1.807) is 5.51 Å². The van der Waals surface area contributed by atoms with E-state index in [1.807, 2.05) is 0 Å². The Balaban J connectivity index is 2.93. The first-order valence-electron chi connectivity index (χ1n) is 2.46. The molecule has 1 rings (SSSR count). The summed E-state index contributed by atoms with van der Waals surface area (Å²) in [4.78, 5) is 14.5. The van der Waals surface area contributed by atoms with E-state index in [2.05, 4.69) is 22.3 Å². The van der Waals surface area contributed by atoms with Crippen molar-refractivity contribution in [1.29, 1.82) is 0 Å². The predicted molar refractivity (Wildman–Crippen MR) is 40.7 cm³/mol. The van der Waals surface area contributed by atoms with Gasteiger partial charge in [0.15, 0.2) is 5.69 Å². The van der Waals surface area contributed by atoms with Gasteiger partial charge in [0.05, 0.1) is 16.8 Å². The van der Waals surface area contributed by atoms with Gasteiger partial charge in [-0.05, 0) is 0 Å². The Labute approximate surface area is 67.5 Å². The van der Waals surface area contributed by atoms with Crippen LogP contribution in [0.2, 0.25) is 0 Å². The molecule has 0 unspecified atom stereocenters. The lowest BCUT2D eigenvalue weighted by Gasteiger charge is -1.92. The number of hydrogen-bond donors (Lipinski definition) is 1. The normalized spacial score (nSPS) is 9.40. The number of ether oxygens (including phenoxy) is 1. The van der Waals surface area contributed by atoms with Crippen LogP contribution >= 0.6 is 24.0 Å². The van der Waals surface area contributed by atoms with Crippen molar-refractivity contribution in [2.24, 2.45) is 0 Å². The zero-order valence-corrected chi connectivity index (χ0v) is 6.91. The molecule has 0 fully saturated rings. The first-order valence-corrected chi connectivity index (χ1v) is 3.79. The highest BCUT2D eigenvalue weighted by atomic mass is 32.2. The van der Waals surface area contributed by atoms with Crippen LogP contribution in [0.1, 0.15) is 10.5 Å². The van der Waals surface area contributed by atoms with Crippen molar-refractivity contribution >= 4 is 29.9 Å². The molecule has 0 aliphatic rings. The van der Waals surface area contributed by atoms with Crippen molar-refractivity contribution in [1.82, 2.24) is 4.98 Å². The van der Waals surface area contributed by atoms with Crippen LogP contribution in [-0.2, 0) is 4.74 Å². The first kappa shape index (κ1) is 7.56. The van der Waals surface area contributed by atoms with Crippen LogP contribution in [0.4, 0.5) is 0 Å². The van der Waals surface area contributed by atoms with Gasteiger partial charge in [0.2, 0.25) is 0 Å². The number of esters is 1. The number of carbonyl (C=O) groups is 1. The quantitative estimate of drug-likeness (QED) is 0.515. The summed E-state index contributed by atoms with van der Waals surface area (Å²) in [6.07, 6.45) is 0. The standard InChI is InChI=1S/C5H5NO2S2/c1-8-4(7)3-5(9)10-2-6-3/h2,9H,1H3. The third-order valence-corrected chi connectivity index (χ3v) is 2.08. The molecule has 0 amide bonds. The maximum absolute atomic E-state index is 10.8. The van der Waals surface area contributed by atoms with Crippen molar-refractivity contribution in [3.63, 3.8) is 0 Å². The Morgan fingerprint density at radius 2 is 2.60 bits per heavy atom. The summed E-state index contributed by atoms with van der Waals surface area (Å²) in [5.74, 6) is -0.439. The minimum atomic E-state index is -0.439. The van der Waals surface area contributed by atoms with Gasteiger partial charge in [0, 0.05) is 0 Å². The van der Waals surface area contributed by atoms with Gasteiger partial charge in [-0.1, -0.05) is 0 Å². The van der Waals surface area contributed by atoms with E-state index < -0.39 is 5.97 Å². The fraction of sp³-hybridized carbons (Fsp3) is 0.200. The summed E-state index contributed by atoms with van der Waals surface area (Å²) < 4.78 is 5.02. The number of rotatable bonds is 1. The largest absolute Gasteiger partial charge is 0.464 e. The second-order valence-corrected chi connectivity index (χ2v) is 3.10. The highest BCUT2D eigenvalue weighted by molar-refractivity contribution is 7.82. The second-order valence-electron chi connectivity index (χ2n) is 1.50. The molecule has 1 aromatic rings. The monoisotopic (exact) mass is 175 g/mol. The molecule has 3 nitrogen and oxygen atoms in total. The van der Waals surface area contributed by atoms with Crippen LogP contribution in [0.15, 0.2) is 9.72 Å². The highest BCUT2D eigenvalue weighted by Crippen LogP contribution is 2.17. The van der Waals surface area contributed by atoms with Crippen molar-refractivity contribution in [3.8, 4) is 0 Å². The Bertz CT molecular complexity index is 246. The van der Waals surface area contributed by atoms with Gasteiger partial charge in [-0.2, -0.15) is 0 Å². The smallest absolute Gasteiger partial charge is 0.358 e. The van der Waals surface area contributed by atoms with Crippen molar-refractivity contribution in [2.75, 3.05) is 7.11 Å². The zero-order chi connectivity index (χ0) is 7.56. The molecule has 1 heterocycles. The Kier molecular flexibility index (Phi) is 2.29. The number of thiazole rings is 1. The SMILES string of the molecule is COC(=O)c1ncsc1S. The number of methoxy groups -OCH3 is 1. The van der Waals surface area contributed by atoms with E-state index in [9.17, 15) is 4.79 Å². The molecule has 0 aliphatic carbocycles. The fourth-order valence-corrected chi connectivity index (χ4v) is 1.27. The number of nitrogens with zero attached hydrogens (tertiary/aromatic N) is 1. The van der Waals surface area contributed by atoms with Crippen LogP contribution in [0, 0.1) is 0 Å². The molecule has 0 atom stereocenters. The van der Waals surface area contributed by atoms with E-state index in [-0.39, 0.29) is 5.69 Å². The van der Waals surface area contributed by atoms with E-state index in [0.29, 0.717) is 4.21 Å². The molecule has 0 N–H and O–H groups in total. The molecule has 54 valence electrons. The molecule has 0 saturated heterocycles. The van der Waals surface area contributed by atoms with Crippen molar-refractivity contribution < 1.29 is 9.53 Å². The van der Waals surface area contributed by atoms with Gasteiger partial charge in [0.25, 0.3) is 0 Å². The van der Waals surface area contributed by atoms with Crippen LogP contribution in [0.5, 0.6) is 0 Å². The lowest BCUT2D eigenvalue weighted by atomic mass is 10.5. The third kappa shape index (κ3) is 1.30. The molecule has 0 bridgehead atoms. The Morgan fingerprint density at radius 3 is 3.00 bits per heavy atom. The van der Waals surface area contributed by atoms with E-state index in [0.717, 1.165) is 0 Å². The van der Waals surface area contributed by atoms with Gasteiger partial charge in [0.1, 0.15) is 0 Å². The van der Waals surface area contributed by atoms with Crippen LogP contribution < -0.4 is 0 Å². The summed E-state index contributed by atoms with van der Waals surface area (Å²) in [6, 6.07) is 0. The summed E-state index contributed by atoms with van der Waals surface area (Å²) >= 11 is 5.30. The maximum atomic E-state index is 10.8. The third-order valence-electron chi connectivity index (χ3n) is 0.927. The van der Waals surface area contributed by atoms with E-state index >= 15 is 0 Å². The van der Waals surface area contributed by atoms with Gasteiger partial charge in [-0.3, -0.25) is 0 Å². The van der Waals surface area contributed by atoms with Gasteiger partial charge >= 0.3 is 5.97 Å². The Morgan fingerprint density at radius 1 is 1.90 bits per heavy atom. The number of aromatic nitrogens is 1. The summed E-state index contributed by atoms with van der Waals surface area (Å²) in [7, 11) is 1.31. The van der Waals surface area contributed by atoms with Gasteiger partial charge < -0.3 is 4.74 Å². The topological polar surface area (TPSA) is 39.2 Å². The number of carbonyl (C=O) groups excluding carboxylic acids is 1. The number of thiol groups is 1. The maximum Gasteiger partial charge on any atom is 0.358 e. The summed E-state index contributed by atoms with van der Waals surface area (Å²) in [6.45, 7) is 0. The molecule has 0 aromatic carbocycles. The van der Waals surface area contributed by atoms with E-state index in [1.165, 1.54) is 18.4 Å². The molecular formula is C5H5NO2S2. The molecule has 0 spiro atoms. The number of hydrogen-bond acceptors (Lipinski definition) is 5. The Hall–Kier alpha value is -0.550. The summed E-state index contributed by atoms with van der Waals surface area (Å²) in [5.41, 5.74) is 1.84. The van der Waals surface area contributed by atoms with Crippen LogP contribution in [-0.4, -0.2) is 18.1 Å². The molecule has 0 radical (unpaired) electrons.